The minimum absolute atomic E-state index is 0. The zero-order chi connectivity index (χ0) is 10.8. The summed E-state index contributed by atoms with van der Waals surface area (Å²) in [7, 11) is 0. The normalized spacial score (nSPS) is 23.1. The first-order valence-corrected chi connectivity index (χ1v) is 5.59. The fourth-order valence-electron chi connectivity index (χ4n) is 2.28. The van der Waals surface area contributed by atoms with Gasteiger partial charge < -0.3 is 10.3 Å². The monoisotopic (exact) mass is 245 g/mol. The highest BCUT2D eigenvalue weighted by Gasteiger charge is 2.29. The van der Waals surface area contributed by atoms with Crippen LogP contribution in [0.1, 0.15) is 37.3 Å². The Hall–Kier alpha value is -0.580. The molecule has 16 heavy (non-hydrogen) atoms. The Balaban J connectivity index is 0.00000128. The van der Waals surface area contributed by atoms with Crippen molar-refractivity contribution in [2.45, 2.75) is 38.8 Å². The van der Waals surface area contributed by atoms with Gasteiger partial charge in [0, 0.05) is 18.7 Å². The van der Waals surface area contributed by atoms with E-state index in [0.717, 1.165) is 31.0 Å². The highest BCUT2D eigenvalue weighted by atomic mass is 35.5. The van der Waals surface area contributed by atoms with Crippen molar-refractivity contribution in [2.24, 2.45) is 5.73 Å². The number of hydrogen-bond acceptors (Lipinski definition) is 4. The van der Waals surface area contributed by atoms with Crippen LogP contribution in [0.3, 0.4) is 0 Å². The van der Waals surface area contributed by atoms with E-state index < -0.39 is 0 Å². The Morgan fingerprint density at radius 2 is 2.44 bits per heavy atom. The lowest BCUT2D eigenvalue weighted by atomic mass is 10.1. The minimum Gasteiger partial charge on any atom is -0.359 e. The van der Waals surface area contributed by atoms with Crippen LogP contribution in [0.15, 0.2) is 10.6 Å². The molecule has 1 aliphatic heterocycles. The summed E-state index contributed by atoms with van der Waals surface area (Å²) >= 11 is 0. The SMILES string of the molecule is Cc1cc(C2CCCN2CC(C)N)on1.Cl. The Labute approximate surface area is 103 Å². The first-order valence-electron chi connectivity index (χ1n) is 5.59. The fraction of sp³-hybridized carbons (Fsp3) is 0.727. The average Bonchev–Trinajstić information content (AvgIpc) is 2.72. The molecule has 0 spiro atoms. The fourth-order valence-corrected chi connectivity index (χ4v) is 2.28. The van der Waals surface area contributed by atoms with Crippen LogP contribution in [0.4, 0.5) is 0 Å². The molecule has 1 fully saturated rings. The number of aryl methyl sites for hydroxylation is 1. The molecular formula is C11H20ClN3O. The highest BCUT2D eigenvalue weighted by Crippen LogP contribution is 2.31. The third kappa shape index (κ3) is 2.97. The second kappa shape index (κ2) is 5.66. The summed E-state index contributed by atoms with van der Waals surface area (Å²) in [6, 6.07) is 2.64. The molecule has 2 unspecified atom stereocenters. The molecule has 0 radical (unpaired) electrons. The molecule has 1 saturated heterocycles. The highest BCUT2D eigenvalue weighted by molar-refractivity contribution is 5.85. The van der Waals surface area contributed by atoms with Gasteiger partial charge in [0.25, 0.3) is 0 Å². The lowest BCUT2D eigenvalue weighted by Crippen LogP contribution is -2.35. The Kier molecular flexibility index (Phi) is 4.77. The predicted molar refractivity (Wildman–Crippen MR) is 65.7 cm³/mol. The van der Waals surface area contributed by atoms with Crippen LogP contribution in [0.2, 0.25) is 0 Å². The van der Waals surface area contributed by atoms with Gasteiger partial charge in [0.15, 0.2) is 5.76 Å². The molecule has 92 valence electrons. The van der Waals surface area contributed by atoms with E-state index >= 15 is 0 Å². The van der Waals surface area contributed by atoms with Crippen molar-refractivity contribution in [2.75, 3.05) is 13.1 Å². The summed E-state index contributed by atoms with van der Waals surface area (Å²) in [5.74, 6) is 0.991. The molecule has 0 aliphatic carbocycles. The molecule has 4 nitrogen and oxygen atoms in total. The first-order chi connectivity index (χ1) is 7.16. The van der Waals surface area contributed by atoms with Crippen LogP contribution in [-0.4, -0.2) is 29.2 Å². The smallest absolute Gasteiger partial charge is 0.154 e. The molecule has 0 saturated carbocycles. The van der Waals surface area contributed by atoms with Crippen LogP contribution >= 0.6 is 12.4 Å². The Morgan fingerprint density at radius 3 is 3.00 bits per heavy atom. The molecular weight excluding hydrogens is 226 g/mol. The predicted octanol–water partition coefficient (Wildman–Crippen LogP) is 1.89. The van der Waals surface area contributed by atoms with E-state index in [9.17, 15) is 0 Å². The third-order valence-electron chi connectivity index (χ3n) is 2.86. The molecule has 1 aliphatic rings. The van der Waals surface area contributed by atoms with Gasteiger partial charge in [-0.3, -0.25) is 4.90 Å². The first kappa shape index (κ1) is 13.5. The summed E-state index contributed by atoms with van der Waals surface area (Å²) in [6.45, 7) is 6.05. The largest absolute Gasteiger partial charge is 0.359 e. The minimum atomic E-state index is 0. The third-order valence-corrected chi connectivity index (χ3v) is 2.86. The van der Waals surface area contributed by atoms with E-state index in [1.54, 1.807) is 0 Å². The molecule has 0 aromatic carbocycles. The molecule has 1 aromatic heterocycles. The van der Waals surface area contributed by atoms with Gasteiger partial charge >= 0.3 is 0 Å². The standard InChI is InChI=1S/C11H19N3O.ClH/c1-8(12)7-14-5-3-4-10(14)11-6-9(2)13-15-11;/h6,8,10H,3-5,7,12H2,1-2H3;1H. The molecule has 0 amide bonds. The van der Waals surface area contributed by atoms with Gasteiger partial charge in [-0.2, -0.15) is 0 Å². The molecule has 2 heterocycles. The summed E-state index contributed by atoms with van der Waals surface area (Å²) < 4.78 is 5.33. The van der Waals surface area contributed by atoms with Crippen LogP contribution in [-0.2, 0) is 0 Å². The van der Waals surface area contributed by atoms with Crippen molar-refractivity contribution >= 4 is 12.4 Å². The lowest BCUT2D eigenvalue weighted by molar-refractivity contribution is 0.206. The Morgan fingerprint density at radius 1 is 1.69 bits per heavy atom. The number of hydrogen-bond donors (Lipinski definition) is 1. The number of aromatic nitrogens is 1. The van der Waals surface area contributed by atoms with Crippen molar-refractivity contribution in [3.63, 3.8) is 0 Å². The summed E-state index contributed by atoms with van der Waals surface area (Å²) in [6.07, 6.45) is 2.37. The summed E-state index contributed by atoms with van der Waals surface area (Å²) in [5, 5.41) is 3.94. The van der Waals surface area contributed by atoms with E-state index in [4.69, 9.17) is 10.3 Å². The van der Waals surface area contributed by atoms with E-state index in [2.05, 4.69) is 10.1 Å². The van der Waals surface area contributed by atoms with Gasteiger partial charge in [0.1, 0.15) is 0 Å². The van der Waals surface area contributed by atoms with Crippen LogP contribution in [0, 0.1) is 6.92 Å². The lowest BCUT2D eigenvalue weighted by Gasteiger charge is -2.23. The molecule has 5 heteroatoms. The van der Waals surface area contributed by atoms with Crippen molar-refractivity contribution in [3.8, 4) is 0 Å². The zero-order valence-corrected chi connectivity index (χ0v) is 10.7. The van der Waals surface area contributed by atoms with Gasteiger partial charge in [-0.15, -0.1) is 12.4 Å². The van der Waals surface area contributed by atoms with Crippen LogP contribution < -0.4 is 5.73 Å². The van der Waals surface area contributed by atoms with Gasteiger partial charge in [0.05, 0.1) is 11.7 Å². The van der Waals surface area contributed by atoms with E-state index in [1.807, 2.05) is 19.9 Å². The number of nitrogens with two attached hydrogens (primary N) is 1. The topological polar surface area (TPSA) is 55.3 Å². The molecule has 2 rings (SSSR count). The zero-order valence-electron chi connectivity index (χ0n) is 9.85. The van der Waals surface area contributed by atoms with Gasteiger partial charge in [-0.25, -0.2) is 0 Å². The maximum atomic E-state index is 5.83. The summed E-state index contributed by atoms with van der Waals surface area (Å²) in [4.78, 5) is 2.39. The van der Waals surface area contributed by atoms with Crippen molar-refractivity contribution in [3.05, 3.63) is 17.5 Å². The van der Waals surface area contributed by atoms with Crippen molar-refractivity contribution < 1.29 is 4.52 Å². The molecule has 2 N–H and O–H groups in total. The van der Waals surface area contributed by atoms with E-state index in [0.29, 0.717) is 6.04 Å². The maximum Gasteiger partial charge on any atom is 0.154 e. The average molecular weight is 246 g/mol. The quantitative estimate of drug-likeness (QED) is 0.884. The number of likely N-dealkylation sites (tertiary alicyclic amines) is 1. The van der Waals surface area contributed by atoms with Gasteiger partial charge in [0.2, 0.25) is 0 Å². The second-order valence-electron chi connectivity index (χ2n) is 4.50. The van der Waals surface area contributed by atoms with Gasteiger partial charge in [-0.1, -0.05) is 5.16 Å². The number of rotatable bonds is 3. The number of nitrogens with zero attached hydrogens (tertiary/aromatic N) is 2. The molecule has 0 bridgehead atoms. The summed E-state index contributed by atoms with van der Waals surface area (Å²) in [5.41, 5.74) is 6.79. The van der Waals surface area contributed by atoms with E-state index in [-0.39, 0.29) is 18.4 Å². The number of halogens is 1. The van der Waals surface area contributed by atoms with E-state index in [1.165, 1.54) is 6.42 Å². The van der Waals surface area contributed by atoms with Crippen molar-refractivity contribution in [1.29, 1.82) is 0 Å². The Bertz CT molecular complexity index is 327. The van der Waals surface area contributed by atoms with Gasteiger partial charge in [-0.05, 0) is 33.2 Å². The maximum absolute atomic E-state index is 5.83. The second-order valence-corrected chi connectivity index (χ2v) is 4.50. The molecule has 1 aromatic rings. The van der Waals surface area contributed by atoms with Crippen molar-refractivity contribution in [1.82, 2.24) is 10.1 Å². The van der Waals surface area contributed by atoms with Crippen LogP contribution in [0.5, 0.6) is 0 Å². The van der Waals surface area contributed by atoms with Crippen LogP contribution in [0.25, 0.3) is 0 Å². The molecule has 2 atom stereocenters.